The van der Waals surface area contributed by atoms with Crippen molar-refractivity contribution in [2.24, 2.45) is 5.92 Å². The molecule has 8 heteroatoms. The fourth-order valence-electron chi connectivity index (χ4n) is 3.07. The summed E-state index contributed by atoms with van der Waals surface area (Å²) in [7, 11) is -0.500. The molecule has 0 N–H and O–H groups in total. The summed E-state index contributed by atoms with van der Waals surface area (Å²) in [5.74, 6) is 1.05. The quantitative estimate of drug-likeness (QED) is 0.543. The van der Waals surface area contributed by atoms with Crippen molar-refractivity contribution in [1.29, 1.82) is 0 Å². The number of carbonyl (C=O) groups excluding carboxylic acids is 1. The Morgan fingerprint density at radius 3 is 1.82 bits per heavy atom. The Morgan fingerprint density at radius 2 is 1.32 bits per heavy atom. The van der Waals surface area contributed by atoms with E-state index in [0.29, 0.717) is 30.1 Å². The number of esters is 1. The minimum atomic E-state index is -3.59. The molecule has 0 atom stereocenters. The number of ether oxygens (including phenoxy) is 3. The summed E-state index contributed by atoms with van der Waals surface area (Å²) in [6.07, 6.45) is 0.842. The van der Waals surface area contributed by atoms with Crippen molar-refractivity contribution in [1.82, 2.24) is 4.31 Å². The number of nitrogens with zero attached hydrogens (tertiary/aromatic N) is 1. The fraction of sp³-hybridized carbons (Fsp3) is 0.350. The molecule has 1 aliphatic heterocycles. The minimum absolute atomic E-state index is 0.215. The van der Waals surface area contributed by atoms with Gasteiger partial charge in [-0.2, -0.15) is 4.31 Å². The number of hydrogen-bond acceptors (Lipinski definition) is 6. The van der Waals surface area contributed by atoms with Crippen molar-refractivity contribution in [3.8, 4) is 17.2 Å². The molecule has 7 nitrogen and oxygen atoms in total. The van der Waals surface area contributed by atoms with Gasteiger partial charge in [0, 0.05) is 13.1 Å². The molecule has 0 radical (unpaired) electrons. The van der Waals surface area contributed by atoms with Gasteiger partial charge in [0.1, 0.15) is 17.2 Å². The SMILES string of the molecule is COc1ccc(OC(=O)C2CCN(S(=O)(=O)c3ccc(OC)cc3)CC2)cc1. The van der Waals surface area contributed by atoms with E-state index in [-0.39, 0.29) is 29.9 Å². The third-order valence-electron chi connectivity index (χ3n) is 4.76. The smallest absolute Gasteiger partial charge is 0.314 e. The van der Waals surface area contributed by atoms with Crippen LogP contribution in [0.15, 0.2) is 53.4 Å². The zero-order valence-electron chi connectivity index (χ0n) is 15.8. The van der Waals surface area contributed by atoms with E-state index in [1.54, 1.807) is 43.5 Å². The van der Waals surface area contributed by atoms with Gasteiger partial charge >= 0.3 is 5.97 Å². The Labute approximate surface area is 164 Å². The van der Waals surface area contributed by atoms with Gasteiger partial charge in [0.15, 0.2) is 0 Å². The standard InChI is InChI=1S/C20H23NO6S/c1-25-16-3-5-18(6-4-16)27-20(22)15-11-13-21(14-12-15)28(23,24)19-9-7-17(26-2)8-10-19/h3-10,15H,11-14H2,1-2H3. The number of hydrogen-bond donors (Lipinski definition) is 0. The summed E-state index contributed by atoms with van der Waals surface area (Å²) in [5, 5.41) is 0. The van der Waals surface area contributed by atoms with Crippen molar-refractivity contribution in [3.63, 3.8) is 0 Å². The molecular weight excluding hydrogens is 382 g/mol. The van der Waals surface area contributed by atoms with Gasteiger partial charge in [-0.3, -0.25) is 4.79 Å². The van der Waals surface area contributed by atoms with Crippen LogP contribution >= 0.6 is 0 Å². The zero-order chi connectivity index (χ0) is 20.1. The molecule has 1 fully saturated rings. The van der Waals surface area contributed by atoms with E-state index in [2.05, 4.69) is 0 Å². The molecule has 0 saturated carbocycles. The van der Waals surface area contributed by atoms with Crippen molar-refractivity contribution < 1.29 is 27.4 Å². The highest BCUT2D eigenvalue weighted by molar-refractivity contribution is 7.89. The third-order valence-corrected chi connectivity index (χ3v) is 6.68. The fourth-order valence-corrected chi connectivity index (χ4v) is 4.54. The number of carbonyl (C=O) groups is 1. The summed E-state index contributed by atoms with van der Waals surface area (Å²) in [5.41, 5.74) is 0. The molecule has 2 aromatic carbocycles. The van der Waals surface area contributed by atoms with E-state index in [1.165, 1.54) is 23.5 Å². The van der Waals surface area contributed by atoms with Gasteiger partial charge < -0.3 is 14.2 Å². The maximum absolute atomic E-state index is 12.8. The molecule has 0 aromatic heterocycles. The lowest BCUT2D eigenvalue weighted by atomic mass is 9.98. The molecule has 3 rings (SSSR count). The average molecular weight is 405 g/mol. The zero-order valence-corrected chi connectivity index (χ0v) is 16.6. The van der Waals surface area contributed by atoms with Crippen LogP contribution in [-0.2, 0) is 14.8 Å². The Hall–Kier alpha value is -2.58. The summed E-state index contributed by atoms with van der Waals surface area (Å²) in [4.78, 5) is 12.6. The molecule has 150 valence electrons. The number of rotatable bonds is 6. The second-order valence-electron chi connectivity index (χ2n) is 6.45. The third kappa shape index (κ3) is 4.45. The molecule has 0 aliphatic carbocycles. The van der Waals surface area contributed by atoms with Crippen molar-refractivity contribution >= 4 is 16.0 Å². The minimum Gasteiger partial charge on any atom is -0.497 e. The van der Waals surface area contributed by atoms with E-state index in [1.807, 2.05) is 0 Å². The van der Waals surface area contributed by atoms with Crippen LogP contribution in [0.5, 0.6) is 17.2 Å². The lowest BCUT2D eigenvalue weighted by molar-refractivity contribution is -0.140. The largest absolute Gasteiger partial charge is 0.497 e. The molecular formula is C20H23NO6S. The predicted molar refractivity (Wildman–Crippen MR) is 103 cm³/mol. The van der Waals surface area contributed by atoms with Gasteiger partial charge in [-0.1, -0.05) is 0 Å². The Morgan fingerprint density at radius 1 is 0.857 bits per heavy atom. The van der Waals surface area contributed by atoms with Crippen molar-refractivity contribution in [2.45, 2.75) is 17.7 Å². The van der Waals surface area contributed by atoms with Crippen molar-refractivity contribution in [2.75, 3.05) is 27.3 Å². The second kappa shape index (κ2) is 8.62. The average Bonchev–Trinajstić information content (AvgIpc) is 2.74. The molecule has 1 heterocycles. The summed E-state index contributed by atoms with van der Waals surface area (Å²) < 4.78 is 42.5. The highest BCUT2D eigenvalue weighted by Gasteiger charge is 2.33. The topological polar surface area (TPSA) is 82.1 Å². The summed E-state index contributed by atoms with van der Waals surface area (Å²) in [6.45, 7) is 0.549. The van der Waals surface area contributed by atoms with Gasteiger partial charge in [-0.05, 0) is 61.4 Å². The normalized spacial score (nSPS) is 15.8. The van der Waals surface area contributed by atoms with E-state index in [0.717, 1.165) is 0 Å². The Bertz CT molecular complexity index is 901. The van der Waals surface area contributed by atoms with Crippen LogP contribution in [0.1, 0.15) is 12.8 Å². The monoisotopic (exact) mass is 405 g/mol. The van der Waals surface area contributed by atoms with Crippen molar-refractivity contribution in [3.05, 3.63) is 48.5 Å². The van der Waals surface area contributed by atoms with Crippen LogP contribution in [0.2, 0.25) is 0 Å². The molecule has 1 aliphatic rings. The molecule has 2 aromatic rings. The lowest BCUT2D eigenvalue weighted by Crippen LogP contribution is -2.41. The van der Waals surface area contributed by atoms with Gasteiger partial charge in [0.05, 0.1) is 25.0 Å². The first-order valence-electron chi connectivity index (χ1n) is 8.94. The molecule has 0 unspecified atom stereocenters. The second-order valence-corrected chi connectivity index (χ2v) is 8.39. The van der Waals surface area contributed by atoms with Crippen LogP contribution in [0.4, 0.5) is 0 Å². The highest BCUT2D eigenvalue weighted by Crippen LogP contribution is 2.26. The van der Waals surface area contributed by atoms with Gasteiger partial charge in [-0.25, -0.2) is 8.42 Å². The maximum Gasteiger partial charge on any atom is 0.314 e. The van der Waals surface area contributed by atoms with Crippen LogP contribution in [0.25, 0.3) is 0 Å². The van der Waals surface area contributed by atoms with Gasteiger partial charge in [-0.15, -0.1) is 0 Å². The number of methoxy groups -OCH3 is 2. The first-order chi connectivity index (χ1) is 13.4. The van der Waals surface area contributed by atoms with E-state index in [4.69, 9.17) is 14.2 Å². The Balaban J connectivity index is 1.58. The Kier molecular flexibility index (Phi) is 6.21. The maximum atomic E-state index is 12.8. The lowest BCUT2D eigenvalue weighted by Gasteiger charge is -2.30. The van der Waals surface area contributed by atoms with E-state index >= 15 is 0 Å². The summed E-state index contributed by atoms with van der Waals surface area (Å²) >= 11 is 0. The van der Waals surface area contributed by atoms with Crippen LogP contribution in [0, 0.1) is 5.92 Å². The van der Waals surface area contributed by atoms with Crippen LogP contribution in [-0.4, -0.2) is 46.0 Å². The molecule has 0 bridgehead atoms. The molecule has 28 heavy (non-hydrogen) atoms. The number of sulfonamides is 1. The summed E-state index contributed by atoms with van der Waals surface area (Å²) in [6, 6.07) is 13.0. The molecule has 0 spiro atoms. The highest BCUT2D eigenvalue weighted by atomic mass is 32.2. The molecule has 1 saturated heterocycles. The van der Waals surface area contributed by atoms with Gasteiger partial charge in [0.25, 0.3) is 0 Å². The predicted octanol–water partition coefficient (Wildman–Crippen LogP) is 2.71. The van der Waals surface area contributed by atoms with Crippen LogP contribution < -0.4 is 14.2 Å². The van der Waals surface area contributed by atoms with E-state index in [9.17, 15) is 13.2 Å². The number of benzene rings is 2. The first-order valence-corrected chi connectivity index (χ1v) is 10.4. The molecule has 0 amide bonds. The number of piperidine rings is 1. The van der Waals surface area contributed by atoms with E-state index < -0.39 is 10.0 Å². The first kappa shape index (κ1) is 20.2. The van der Waals surface area contributed by atoms with Gasteiger partial charge in [0.2, 0.25) is 10.0 Å². The van der Waals surface area contributed by atoms with Crippen LogP contribution in [0.3, 0.4) is 0 Å².